The van der Waals surface area contributed by atoms with Crippen molar-refractivity contribution in [2.75, 3.05) is 5.32 Å². The zero-order valence-corrected chi connectivity index (χ0v) is 15.0. The van der Waals surface area contributed by atoms with E-state index in [2.05, 4.69) is 29.4 Å². The van der Waals surface area contributed by atoms with E-state index in [-0.39, 0.29) is 11.2 Å². The lowest BCUT2D eigenvalue weighted by atomic mass is 10.1. The van der Waals surface area contributed by atoms with Gasteiger partial charge in [0.05, 0.1) is 5.25 Å². The molecule has 1 unspecified atom stereocenters. The van der Waals surface area contributed by atoms with Gasteiger partial charge in [-0.25, -0.2) is 4.98 Å². The molecule has 0 saturated heterocycles. The number of hydrogen-bond acceptors (Lipinski definition) is 4. The minimum absolute atomic E-state index is 0.0580. The molecule has 0 bridgehead atoms. The van der Waals surface area contributed by atoms with Crippen LogP contribution >= 0.6 is 11.8 Å². The number of para-hydroxylation sites is 2. The molecule has 0 radical (unpaired) electrons. The second-order valence-corrected chi connectivity index (χ2v) is 7.26. The Hall–Kier alpha value is -2.27. The number of thioether (sulfide) groups is 1. The van der Waals surface area contributed by atoms with E-state index in [0.29, 0.717) is 5.22 Å². The summed E-state index contributed by atoms with van der Waals surface area (Å²) in [4.78, 5) is 16.9. The minimum Gasteiger partial charge on any atom is -0.431 e. The molecule has 5 heteroatoms. The highest BCUT2D eigenvalue weighted by Gasteiger charge is 2.19. The van der Waals surface area contributed by atoms with Crippen molar-refractivity contribution in [3.8, 4) is 0 Å². The highest BCUT2D eigenvalue weighted by Crippen LogP contribution is 2.28. The number of fused-ring (bicyclic) bond motifs is 1. The smallest absolute Gasteiger partial charge is 0.257 e. The number of amides is 1. The first kappa shape index (κ1) is 16.6. The van der Waals surface area contributed by atoms with Crippen molar-refractivity contribution < 1.29 is 9.21 Å². The third-order valence-electron chi connectivity index (χ3n) is 3.85. The summed E-state index contributed by atoms with van der Waals surface area (Å²) in [6.07, 6.45) is 0. The quantitative estimate of drug-likeness (QED) is 0.688. The molecule has 3 rings (SSSR count). The van der Waals surface area contributed by atoms with E-state index < -0.39 is 0 Å². The summed E-state index contributed by atoms with van der Waals surface area (Å²) in [5.41, 5.74) is 5.75. The fraction of sp³-hybridized carbons (Fsp3) is 0.263. The molecule has 2 aromatic carbocycles. The summed E-state index contributed by atoms with van der Waals surface area (Å²) in [6.45, 7) is 7.92. The molecule has 124 valence electrons. The van der Waals surface area contributed by atoms with Crippen LogP contribution in [0.25, 0.3) is 11.1 Å². The molecule has 4 nitrogen and oxygen atoms in total. The number of benzene rings is 2. The van der Waals surface area contributed by atoms with E-state index in [1.54, 1.807) is 0 Å². The predicted molar refractivity (Wildman–Crippen MR) is 98.6 cm³/mol. The number of aryl methyl sites for hydroxylation is 3. The lowest BCUT2D eigenvalue weighted by Gasteiger charge is -2.15. The third kappa shape index (κ3) is 3.46. The van der Waals surface area contributed by atoms with E-state index in [1.165, 1.54) is 17.3 Å². The van der Waals surface area contributed by atoms with Crippen molar-refractivity contribution in [3.05, 3.63) is 53.1 Å². The first-order chi connectivity index (χ1) is 11.4. The van der Waals surface area contributed by atoms with Crippen molar-refractivity contribution in [1.82, 2.24) is 4.98 Å². The van der Waals surface area contributed by atoms with E-state index >= 15 is 0 Å². The molecule has 1 aromatic heterocycles. The summed E-state index contributed by atoms with van der Waals surface area (Å²) in [7, 11) is 0. The Labute approximate surface area is 145 Å². The van der Waals surface area contributed by atoms with E-state index in [4.69, 9.17) is 4.42 Å². The first-order valence-electron chi connectivity index (χ1n) is 7.85. The second kappa shape index (κ2) is 6.69. The fourth-order valence-electron chi connectivity index (χ4n) is 2.71. The molecule has 0 fully saturated rings. The van der Waals surface area contributed by atoms with Crippen molar-refractivity contribution in [3.63, 3.8) is 0 Å². The number of carbonyl (C=O) groups is 1. The van der Waals surface area contributed by atoms with Gasteiger partial charge in [-0.15, -0.1) is 0 Å². The highest BCUT2D eigenvalue weighted by atomic mass is 32.2. The van der Waals surface area contributed by atoms with Gasteiger partial charge in [-0.3, -0.25) is 4.79 Å². The average Bonchev–Trinajstić information content (AvgIpc) is 2.92. The van der Waals surface area contributed by atoms with Gasteiger partial charge in [0, 0.05) is 5.69 Å². The Balaban J connectivity index is 1.73. The van der Waals surface area contributed by atoms with Crippen LogP contribution in [0, 0.1) is 20.8 Å². The van der Waals surface area contributed by atoms with Crippen molar-refractivity contribution in [2.45, 2.75) is 38.2 Å². The maximum atomic E-state index is 12.5. The van der Waals surface area contributed by atoms with Gasteiger partial charge in [0.25, 0.3) is 5.22 Å². The zero-order chi connectivity index (χ0) is 17.3. The summed E-state index contributed by atoms with van der Waals surface area (Å²) < 4.78 is 5.67. The second-order valence-electron chi connectivity index (χ2n) is 5.97. The van der Waals surface area contributed by atoms with Gasteiger partial charge in [0.2, 0.25) is 5.91 Å². The first-order valence-corrected chi connectivity index (χ1v) is 8.73. The third-order valence-corrected chi connectivity index (χ3v) is 4.79. The van der Waals surface area contributed by atoms with Crippen LogP contribution in [-0.2, 0) is 4.79 Å². The Morgan fingerprint density at radius 2 is 1.83 bits per heavy atom. The van der Waals surface area contributed by atoms with Crippen LogP contribution in [0.4, 0.5) is 5.69 Å². The monoisotopic (exact) mass is 340 g/mol. The number of aromatic nitrogens is 1. The number of rotatable bonds is 4. The Kier molecular flexibility index (Phi) is 4.62. The van der Waals surface area contributed by atoms with Crippen molar-refractivity contribution in [2.24, 2.45) is 0 Å². The largest absolute Gasteiger partial charge is 0.431 e. The molecule has 1 atom stereocenters. The number of nitrogens with zero attached hydrogens (tertiary/aromatic N) is 1. The molecule has 0 aliphatic heterocycles. The van der Waals surface area contributed by atoms with Crippen LogP contribution in [0.2, 0.25) is 0 Å². The zero-order valence-electron chi connectivity index (χ0n) is 14.2. The van der Waals surface area contributed by atoms with Gasteiger partial charge in [0.1, 0.15) is 5.52 Å². The standard InChI is InChI=1S/C19H20N2O2S/c1-11-9-12(2)17(13(3)10-11)21-18(22)14(4)24-19-20-15-7-5-6-8-16(15)23-19/h5-10,14H,1-4H3,(H,21,22). The minimum atomic E-state index is -0.307. The number of anilines is 1. The van der Waals surface area contributed by atoms with Crippen molar-refractivity contribution >= 4 is 34.5 Å². The Morgan fingerprint density at radius 1 is 1.17 bits per heavy atom. The summed E-state index contributed by atoms with van der Waals surface area (Å²) in [6, 6.07) is 11.7. The topological polar surface area (TPSA) is 55.1 Å². The lowest BCUT2D eigenvalue weighted by Crippen LogP contribution is -2.23. The molecule has 0 aliphatic rings. The molecule has 24 heavy (non-hydrogen) atoms. The summed E-state index contributed by atoms with van der Waals surface area (Å²) in [5, 5.41) is 3.23. The number of hydrogen-bond donors (Lipinski definition) is 1. The Morgan fingerprint density at radius 3 is 2.50 bits per heavy atom. The van der Waals surface area contributed by atoms with Crippen LogP contribution in [0.15, 0.2) is 46.0 Å². The van der Waals surface area contributed by atoms with Crippen LogP contribution in [-0.4, -0.2) is 16.1 Å². The molecule has 1 amide bonds. The highest BCUT2D eigenvalue weighted by molar-refractivity contribution is 8.00. The molecule has 1 heterocycles. The predicted octanol–water partition coefficient (Wildman–Crippen LogP) is 4.87. The molecule has 1 N–H and O–H groups in total. The molecular weight excluding hydrogens is 320 g/mol. The molecule has 0 saturated carbocycles. The SMILES string of the molecule is Cc1cc(C)c(NC(=O)C(C)Sc2nc3ccccc3o2)c(C)c1. The maximum Gasteiger partial charge on any atom is 0.257 e. The van der Waals surface area contributed by atoms with Crippen molar-refractivity contribution in [1.29, 1.82) is 0 Å². The molecule has 3 aromatic rings. The fourth-order valence-corrected chi connectivity index (χ4v) is 3.47. The van der Waals surface area contributed by atoms with Gasteiger partial charge in [-0.05, 0) is 51.0 Å². The van der Waals surface area contributed by atoms with Crippen LogP contribution in [0.3, 0.4) is 0 Å². The number of carbonyl (C=O) groups excluding carboxylic acids is 1. The molecular formula is C19H20N2O2S. The summed E-state index contributed by atoms with van der Waals surface area (Å²) >= 11 is 1.32. The van der Waals surface area contributed by atoms with Crippen LogP contribution in [0.5, 0.6) is 0 Å². The van der Waals surface area contributed by atoms with Gasteiger partial charge in [-0.1, -0.05) is 41.6 Å². The molecule has 0 spiro atoms. The normalized spacial score (nSPS) is 12.3. The van der Waals surface area contributed by atoms with Crippen LogP contribution in [0.1, 0.15) is 23.6 Å². The average molecular weight is 340 g/mol. The maximum absolute atomic E-state index is 12.5. The van der Waals surface area contributed by atoms with Gasteiger partial charge < -0.3 is 9.73 Å². The molecule has 0 aliphatic carbocycles. The van der Waals surface area contributed by atoms with Crippen LogP contribution < -0.4 is 5.32 Å². The number of nitrogens with one attached hydrogen (secondary N) is 1. The van der Waals surface area contributed by atoms with Gasteiger partial charge in [-0.2, -0.15) is 0 Å². The van der Waals surface area contributed by atoms with E-state index in [0.717, 1.165) is 27.9 Å². The van der Waals surface area contributed by atoms with Gasteiger partial charge in [0.15, 0.2) is 5.58 Å². The van der Waals surface area contributed by atoms with Gasteiger partial charge >= 0.3 is 0 Å². The summed E-state index contributed by atoms with van der Waals surface area (Å²) in [5.74, 6) is -0.0580. The van der Waals surface area contributed by atoms with E-state index in [9.17, 15) is 4.79 Å². The Bertz CT molecular complexity index is 845. The number of oxazole rings is 1. The lowest BCUT2D eigenvalue weighted by molar-refractivity contribution is -0.115. The van der Waals surface area contributed by atoms with E-state index in [1.807, 2.05) is 45.0 Å².